The van der Waals surface area contributed by atoms with Gasteiger partial charge in [0, 0.05) is 22.1 Å². The minimum Gasteiger partial charge on any atom is -0.491 e. The van der Waals surface area contributed by atoms with Gasteiger partial charge in [0.25, 0.3) is 0 Å². The number of halogens is 1. The molecular formula is C18H20ClNO2S. The lowest BCUT2D eigenvalue weighted by atomic mass is 10.3. The highest BCUT2D eigenvalue weighted by Crippen LogP contribution is 2.25. The van der Waals surface area contributed by atoms with Gasteiger partial charge >= 0.3 is 0 Å². The fourth-order valence-corrected chi connectivity index (χ4v) is 2.89. The Morgan fingerprint density at radius 3 is 2.65 bits per heavy atom. The first-order valence-corrected chi connectivity index (χ1v) is 8.95. The number of carbonyl (C=O) groups is 1. The first-order valence-electron chi connectivity index (χ1n) is 7.59. The first kappa shape index (κ1) is 17.7. The standard InChI is InChI=1S/C18H20ClNO2S/c1-2-12-22-17-6-4-3-5-16(17)20-18(21)11-13-23-15-9-7-14(19)8-10-15/h3-10H,2,11-13H2,1H3,(H,20,21). The van der Waals surface area contributed by atoms with Gasteiger partial charge in [0.2, 0.25) is 5.91 Å². The van der Waals surface area contributed by atoms with Crippen LogP contribution in [0.25, 0.3) is 0 Å². The molecule has 1 N–H and O–H groups in total. The largest absolute Gasteiger partial charge is 0.491 e. The highest BCUT2D eigenvalue weighted by atomic mass is 35.5. The molecule has 0 aliphatic rings. The zero-order chi connectivity index (χ0) is 16.5. The molecule has 1 amide bonds. The lowest BCUT2D eigenvalue weighted by Gasteiger charge is -2.11. The minimum atomic E-state index is -0.0148. The van der Waals surface area contributed by atoms with Crippen molar-refractivity contribution in [3.05, 3.63) is 53.6 Å². The number of benzene rings is 2. The van der Waals surface area contributed by atoms with Crippen molar-refractivity contribution in [2.75, 3.05) is 17.7 Å². The molecule has 0 saturated heterocycles. The Labute approximate surface area is 146 Å². The van der Waals surface area contributed by atoms with E-state index in [0.29, 0.717) is 24.5 Å². The van der Waals surface area contributed by atoms with Crippen molar-refractivity contribution in [3.8, 4) is 5.75 Å². The third kappa shape index (κ3) is 6.16. The highest BCUT2D eigenvalue weighted by molar-refractivity contribution is 7.99. The molecule has 0 bridgehead atoms. The quantitative estimate of drug-likeness (QED) is 0.661. The molecule has 0 spiro atoms. The second-order valence-electron chi connectivity index (χ2n) is 4.95. The molecule has 0 unspecified atom stereocenters. The number of ether oxygens (including phenoxy) is 1. The molecule has 23 heavy (non-hydrogen) atoms. The van der Waals surface area contributed by atoms with Gasteiger partial charge < -0.3 is 10.1 Å². The maximum absolute atomic E-state index is 12.1. The maximum atomic E-state index is 12.1. The predicted octanol–water partition coefficient (Wildman–Crippen LogP) is 5.25. The van der Waals surface area contributed by atoms with Gasteiger partial charge in [-0.05, 0) is 42.8 Å². The monoisotopic (exact) mass is 349 g/mol. The number of para-hydroxylation sites is 2. The Balaban J connectivity index is 1.81. The number of carbonyl (C=O) groups excluding carboxylic acids is 1. The summed E-state index contributed by atoms with van der Waals surface area (Å²) in [7, 11) is 0. The second kappa shape index (κ2) is 9.48. The number of anilines is 1. The Morgan fingerprint density at radius 2 is 1.91 bits per heavy atom. The van der Waals surface area contributed by atoms with Crippen LogP contribution in [0.1, 0.15) is 19.8 Å². The molecule has 2 aromatic carbocycles. The number of rotatable bonds is 8. The van der Waals surface area contributed by atoms with Crippen LogP contribution in [-0.2, 0) is 4.79 Å². The van der Waals surface area contributed by atoms with E-state index in [2.05, 4.69) is 12.2 Å². The van der Waals surface area contributed by atoms with Crippen molar-refractivity contribution in [2.45, 2.75) is 24.7 Å². The molecule has 2 rings (SSSR count). The number of amides is 1. The summed E-state index contributed by atoms with van der Waals surface area (Å²) in [6, 6.07) is 15.1. The predicted molar refractivity (Wildman–Crippen MR) is 97.7 cm³/mol. The molecule has 0 fully saturated rings. The van der Waals surface area contributed by atoms with Gasteiger partial charge in [-0.3, -0.25) is 4.79 Å². The van der Waals surface area contributed by atoms with Crippen LogP contribution in [0.15, 0.2) is 53.4 Å². The Bertz CT molecular complexity index is 631. The van der Waals surface area contributed by atoms with Crippen molar-refractivity contribution in [1.82, 2.24) is 0 Å². The van der Waals surface area contributed by atoms with Gasteiger partial charge in [-0.2, -0.15) is 0 Å². The number of thioether (sulfide) groups is 1. The summed E-state index contributed by atoms with van der Waals surface area (Å²) in [4.78, 5) is 13.2. The van der Waals surface area contributed by atoms with Crippen molar-refractivity contribution >= 4 is 35.0 Å². The van der Waals surface area contributed by atoms with Crippen LogP contribution in [0.2, 0.25) is 5.02 Å². The lowest BCUT2D eigenvalue weighted by molar-refractivity contribution is -0.115. The molecule has 0 aromatic heterocycles. The molecule has 5 heteroatoms. The van der Waals surface area contributed by atoms with E-state index in [1.165, 1.54) is 0 Å². The summed E-state index contributed by atoms with van der Waals surface area (Å²) in [6.45, 7) is 2.69. The second-order valence-corrected chi connectivity index (χ2v) is 6.55. The number of hydrogen-bond donors (Lipinski definition) is 1. The third-order valence-electron chi connectivity index (χ3n) is 3.03. The Hall–Kier alpha value is -1.65. The van der Waals surface area contributed by atoms with Crippen LogP contribution in [0.5, 0.6) is 5.75 Å². The van der Waals surface area contributed by atoms with Crippen molar-refractivity contribution < 1.29 is 9.53 Å². The molecule has 0 saturated carbocycles. The lowest BCUT2D eigenvalue weighted by Crippen LogP contribution is -2.13. The average molecular weight is 350 g/mol. The first-order chi connectivity index (χ1) is 11.2. The molecule has 0 radical (unpaired) electrons. The van der Waals surface area contributed by atoms with E-state index in [1.54, 1.807) is 11.8 Å². The molecule has 3 nitrogen and oxygen atoms in total. The zero-order valence-corrected chi connectivity index (χ0v) is 14.6. The van der Waals surface area contributed by atoms with E-state index in [4.69, 9.17) is 16.3 Å². The molecule has 0 atom stereocenters. The summed E-state index contributed by atoms with van der Waals surface area (Å²) in [5.74, 6) is 1.41. The van der Waals surface area contributed by atoms with E-state index in [9.17, 15) is 4.79 Å². The fourth-order valence-electron chi connectivity index (χ4n) is 1.91. The van der Waals surface area contributed by atoms with Gasteiger partial charge in [-0.25, -0.2) is 0 Å². The van der Waals surface area contributed by atoms with Crippen molar-refractivity contribution in [1.29, 1.82) is 0 Å². The maximum Gasteiger partial charge on any atom is 0.225 e. The zero-order valence-electron chi connectivity index (χ0n) is 13.0. The third-order valence-corrected chi connectivity index (χ3v) is 4.30. The topological polar surface area (TPSA) is 38.3 Å². The Morgan fingerprint density at radius 1 is 1.17 bits per heavy atom. The van der Waals surface area contributed by atoms with Gasteiger partial charge in [-0.1, -0.05) is 30.7 Å². The SMILES string of the molecule is CCCOc1ccccc1NC(=O)CCSc1ccc(Cl)cc1. The molecule has 0 aliphatic carbocycles. The summed E-state index contributed by atoms with van der Waals surface area (Å²) in [5, 5.41) is 3.63. The van der Waals surface area contributed by atoms with Crippen LogP contribution in [0, 0.1) is 0 Å². The van der Waals surface area contributed by atoms with Crippen LogP contribution >= 0.6 is 23.4 Å². The van der Waals surface area contributed by atoms with E-state index in [0.717, 1.165) is 22.0 Å². The summed E-state index contributed by atoms with van der Waals surface area (Å²) < 4.78 is 5.64. The van der Waals surface area contributed by atoms with Gasteiger partial charge in [-0.15, -0.1) is 11.8 Å². The minimum absolute atomic E-state index is 0.0148. The van der Waals surface area contributed by atoms with Crippen LogP contribution in [-0.4, -0.2) is 18.3 Å². The van der Waals surface area contributed by atoms with Crippen LogP contribution in [0.4, 0.5) is 5.69 Å². The normalized spacial score (nSPS) is 10.3. The summed E-state index contributed by atoms with van der Waals surface area (Å²) in [6.07, 6.45) is 1.37. The van der Waals surface area contributed by atoms with Gasteiger partial charge in [0.15, 0.2) is 0 Å². The smallest absolute Gasteiger partial charge is 0.225 e. The number of nitrogens with one attached hydrogen (secondary N) is 1. The molecule has 2 aromatic rings. The highest BCUT2D eigenvalue weighted by Gasteiger charge is 2.07. The van der Waals surface area contributed by atoms with E-state index in [1.807, 2.05) is 48.5 Å². The van der Waals surface area contributed by atoms with E-state index >= 15 is 0 Å². The molecule has 0 aliphatic heterocycles. The van der Waals surface area contributed by atoms with E-state index < -0.39 is 0 Å². The van der Waals surface area contributed by atoms with Crippen molar-refractivity contribution in [3.63, 3.8) is 0 Å². The van der Waals surface area contributed by atoms with Crippen molar-refractivity contribution in [2.24, 2.45) is 0 Å². The summed E-state index contributed by atoms with van der Waals surface area (Å²) >= 11 is 7.49. The van der Waals surface area contributed by atoms with Gasteiger partial charge in [0.05, 0.1) is 12.3 Å². The number of hydrogen-bond acceptors (Lipinski definition) is 3. The van der Waals surface area contributed by atoms with Crippen LogP contribution < -0.4 is 10.1 Å². The average Bonchev–Trinajstić information content (AvgIpc) is 2.56. The summed E-state index contributed by atoms with van der Waals surface area (Å²) in [5.41, 5.74) is 0.724. The fraction of sp³-hybridized carbons (Fsp3) is 0.278. The van der Waals surface area contributed by atoms with Crippen LogP contribution in [0.3, 0.4) is 0 Å². The Kier molecular flexibility index (Phi) is 7.30. The molecular weight excluding hydrogens is 330 g/mol. The molecule has 0 heterocycles. The van der Waals surface area contributed by atoms with E-state index in [-0.39, 0.29) is 5.91 Å². The molecule has 122 valence electrons. The van der Waals surface area contributed by atoms with Gasteiger partial charge in [0.1, 0.15) is 5.75 Å².